The van der Waals surface area contributed by atoms with E-state index in [1.165, 1.54) is 24.3 Å². The molecule has 6 nitrogen and oxygen atoms in total. The Morgan fingerprint density at radius 1 is 1.45 bits per heavy atom. The predicted octanol–water partition coefficient (Wildman–Crippen LogP) is 0.220. The number of hydrogen-bond donors (Lipinski definition) is 1. The summed E-state index contributed by atoms with van der Waals surface area (Å²) in [6.45, 7) is 1.62. The summed E-state index contributed by atoms with van der Waals surface area (Å²) in [4.78, 5) is 36.0. The minimum atomic E-state index is -1.00. The largest absolute Gasteiger partial charge is 0.464 e. The molecule has 0 spiro atoms. The van der Waals surface area contributed by atoms with E-state index in [-0.39, 0.29) is 18.8 Å². The number of piperazine rings is 1. The van der Waals surface area contributed by atoms with Gasteiger partial charge in [0.2, 0.25) is 0 Å². The van der Waals surface area contributed by atoms with Gasteiger partial charge in [0.25, 0.3) is 0 Å². The smallest absolute Gasteiger partial charge is 0.330 e. The number of ether oxygens (including phenoxy) is 1. The summed E-state index contributed by atoms with van der Waals surface area (Å²) < 4.78 is 18.5. The Kier molecular flexibility index (Phi) is 3.97. The second kappa shape index (κ2) is 5.68. The fourth-order valence-electron chi connectivity index (χ4n) is 1.91. The van der Waals surface area contributed by atoms with E-state index < -0.39 is 29.6 Å². The van der Waals surface area contributed by atoms with Crippen LogP contribution in [0.1, 0.15) is 6.92 Å². The molecule has 1 aromatic rings. The number of para-hydroxylation sites is 1. The molecule has 1 N–H and O–H groups in total. The predicted molar refractivity (Wildman–Crippen MR) is 67.3 cm³/mol. The van der Waals surface area contributed by atoms with E-state index in [9.17, 15) is 18.8 Å². The third kappa shape index (κ3) is 2.61. The van der Waals surface area contributed by atoms with Crippen molar-refractivity contribution < 1.29 is 23.5 Å². The zero-order valence-corrected chi connectivity index (χ0v) is 10.8. The van der Waals surface area contributed by atoms with Crippen LogP contribution in [0.3, 0.4) is 0 Å². The first-order valence-corrected chi connectivity index (χ1v) is 6.08. The fraction of sp³-hybridized carbons (Fsp3) is 0.308. The van der Waals surface area contributed by atoms with Crippen LogP contribution >= 0.6 is 0 Å². The van der Waals surface area contributed by atoms with E-state index in [4.69, 9.17) is 4.74 Å². The summed E-state index contributed by atoms with van der Waals surface area (Å²) in [6, 6.07) is 4.55. The highest BCUT2D eigenvalue weighted by molar-refractivity contribution is 6.41. The van der Waals surface area contributed by atoms with Gasteiger partial charge in [-0.15, -0.1) is 0 Å². The normalized spacial score (nSPS) is 18.7. The van der Waals surface area contributed by atoms with Crippen LogP contribution in [0.5, 0.6) is 0 Å². The van der Waals surface area contributed by atoms with Gasteiger partial charge in [0.05, 0.1) is 18.8 Å². The molecule has 1 fully saturated rings. The van der Waals surface area contributed by atoms with Crippen molar-refractivity contribution in [2.75, 3.05) is 18.1 Å². The lowest BCUT2D eigenvalue weighted by Crippen LogP contribution is -2.61. The summed E-state index contributed by atoms with van der Waals surface area (Å²) >= 11 is 0. The molecule has 1 heterocycles. The van der Waals surface area contributed by atoms with Gasteiger partial charge < -0.3 is 10.1 Å². The van der Waals surface area contributed by atoms with Gasteiger partial charge in [-0.3, -0.25) is 14.5 Å². The lowest BCUT2D eigenvalue weighted by Gasteiger charge is -2.31. The molecule has 0 unspecified atom stereocenters. The van der Waals surface area contributed by atoms with Crippen molar-refractivity contribution in [3.63, 3.8) is 0 Å². The number of esters is 1. The van der Waals surface area contributed by atoms with E-state index in [2.05, 4.69) is 5.32 Å². The standard InChI is InChI=1S/C13H13FN2O4/c1-2-20-13(19)9-7-16(12(18)11(17)15-9)10-6-4-3-5-8(10)14/h3-6,9H,2,7H2,1H3,(H,15,17)/t9-/m0/s1. The SMILES string of the molecule is CCOC(=O)[C@@H]1CN(c2ccccc2F)C(=O)C(=O)N1. The van der Waals surface area contributed by atoms with Crippen molar-refractivity contribution >= 4 is 23.5 Å². The zero-order valence-electron chi connectivity index (χ0n) is 10.8. The molecule has 0 bridgehead atoms. The first-order chi connectivity index (χ1) is 9.54. The molecule has 1 atom stereocenters. The molecule has 1 aliphatic rings. The lowest BCUT2D eigenvalue weighted by molar-refractivity contribution is -0.150. The minimum absolute atomic E-state index is 0.0401. The summed E-state index contributed by atoms with van der Waals surface area (Å²) in [6.07, 6.45) is 0. The number of halogens is 1. The lowest BCUT2D eigenvalue weighted by atomic mass is 10.1. The third-order valence-electron chi connectivity index (χ3n) is 2.82. The molecule has 2 rings (SSSR count). The number of amides is 2. The van der Waals surface area contributed by atoms with Crippen LogP contribution in [0, 0.1) is 5.82 Å². The number of nitrogens with zero attached hydrogens (tertiary/aromatic N) is 1. The maximum Gasteiger partial charge on any atom is 0.330 e. The van der Waals surface area contributed by atoms with Gasteiger partial charge in [0.15, 0.2) is 0 Å². The van der Waals surface area contributed by atoms with Crippen LogP contribution in [-0.2, 0) is 19.1 Å². The maximum atomic E-state index is 13.7. The molecule has 7 heteroatoms. The van der Waals surface area contributed by atoms with Crippen LogP contribution in [0.2, 0.25) is 0 Å². The van der Waals surface area contributed by atoms with Crippen LogP contribution < -0.4 is 10.2 Å². The Balaban J connectivity index is 2.27. The first-order valence-electron chi connectivity index (χ1n) is 6.08. The zero-order chi connectivity index (χ0) is 14.7. The Hall–Kier alpha value is -2.44. The van der Waals surface area contributed by atoms with Crippen LogP contribution in [0.15, 0.2) is 24.3 Å². The van der Waals surface area contributed by atoms with Crippen molar-refractivity contribution in [3.8, 4) is 0 Å². The number of hydrogen-bond acceptors (Lipinski definition) is 4. The van der Waals surface area contributed by atoms with Crippen molar-refractivity contribution in [2.45, 2.75) is 13.0 Å². The minimum Gasteiger partial charge on any atom is -0.464 e. The van der Waals surface area contributed by atoms with E-state index in [1.807, 2.05) is 0 Å². The monoisotopic (exact) mass is 280 g/mol. The van der Waals surface area contributed by atoms with E-state index in [0.29, 0.717) is 0 Å². The number of benzene rings is 1. The van der Waals surface area contributed by atoms with Crippen molar-refractivity contribution in [2.24, 2.45) is 0 Å². The molecule has 20 heavy (non-hydrogen) atoms. The van der Waals surface area contributed by atoms with Gasteiger partial charge >= 0.3 is 17.8 Å². The maximum absolute atomic E-state index is 13.7. The summed E-state index contributed by atoms with van der Waals surface area (Å²) in [5.41, 5.74) is -0.0401. The third-order valence-corrected chi connectivity index (χ3v) is 2.82. The number of carbonyl (C=O) groups is 3. The number of anilines is 1. The highest BCUT2D eigenvalue weighted by Gasteiger charge is 2.38. The molecule has 0 aliphatic carbocycles. The Morgan fingerprint density at radius 2 is 2.15 bits per heavy atom. The van der Waals surface area contributed by atoms with Crippen LogP contribution in [-0.4, -0.2) is 37.0 Å². The Bertz CT molecular complexity index is 561. The van der Waals surface area contributed by atoms with Crippen LogP contribution in [0.25, 0.3) is 0 Å². The molecular weight excluding hydrogens is 267 g/mol. The van der Waals surface area contributed by atoms with Crippen molar-refractivity contribution in [3.05, 3.63) is 30.1 Å². The average molecular weight is 280 g/mol. The molecule has 0 saturated carbocycles. The molecule has 2 amide bonds. The van der Waals surface area contributed by atoms with Gasteiger partial charge in [0.1, 0.15) is 11.9 Å². The van der Waals surface area contributed by atoms with E-state index in [1.54, 1.807) is 6.92 Å². The Labute approximate surface area is 114 Å². The molecule has 1 aromatic carbocycles. The molecule has 1 saturated heterocycles. The van der Waals surface area contributed by atoms with Crippen molar-refractivity contribution in [1.82, 2.24) is 5.32 Å². The fourth-order valence-corrected chi connectivity index (χ4v) is 1.91. The van der Waals surface area contributed by atoms with Gasteiger partial charge in [-0.05, 0) is 19.1 Å². The molecular formula is C13H13FN2O4. The molecule has 1 aliphatic heterocycles. The summed E-state index contributed by atoms with van der Waals surface area (Å²) in [7, 11) is 0. The highest BCUT2D eigenvalue weighted by Crippen LogP contribution is 2.21. The average Bonchev–Trinajstić information content (AvgIpc) is 2.43. The first kappa shape index (κ1) is 14.0. The molecule has 0 aromatic heterocycles. The second-order valence-electron chi connectivity index (χ2n) is 4.15. The van der Waals surface area contributed by atoms with E-state index >= 15 is 0 Å². The van der Waals surface area contributed by atoms with Gasteiger partial charge in [-0.2, -0.15) is 0 Å². The van der Waals surface area contributed by atoms with Crippen molar-refractivity contribution in [1.29, 1.82) is 0 Å². The van der Waals surface area contributed by atoms with Gasteiger partial charge in [-0.25, -0.2) is 9.18 Å². The quantitative estimate of drug-likeness (QED) is 0.635. The number of rotatable bonds is 3. The van der Waals surface area contributed by atoms with Gasteiger partial charge in [0, 0.05) is 0 Å². The Morgan fingerprint density at radius 3 is 2.80 bits per heavy atom. The summed E-state index contributed by atoms with van der Waals surface area (Å²) in [5.74, 6) is -3.17. The van der Waals surface area contributed by atoms with E-state index in [0.717, 1.165) is 4.90 Å². The number of carbonyl (C=O) groups excluding carboxylic acids is 3. The van der Waals surface area contributed by atoms with Crippen LogP contribution in [0.4, 0.5) is 10.1 Å². The molecule has 106 valence electrons. The second-order valence-corrected chi connectivity index (χ2v) is 4.15. The van der Waals surface area contributed by atoms with Gasteiger partial charge in [-0.1, -0.05) is 12.1 Å². The highest BCUT2D eigenvalue weighted by atomic mass is 19.1. The topological polar surface area (TPSA) is 75.7 Å². The summed E-state index contributed by atoms with van der Waals surface area (Å²) in [5, 5.41) is 2.24. The molecule has 0 radical (unpaired) electrons. The number of nitrogens with one attached hydrogen (secondary N) is 1.